The number of sulfonamides is 1. The van der Waals surface area contributed by atoms with Crippen LogP contribution in [0.3, 0.4) is 0 Å². The number of hydrogen-bond acceptors (Lipinski definition) is 4. The van der Waals surface area contributed by atoms with Crippen LogP contribution in [0.5, 0.6) is 0 Å². The molecule has 0 spiro atoms. The van der Waals surface area contributed by atoms with E-state index in [9.17, 15) is 8.42 Å². The van der Waals surface area contributed by atoms with Crippen molar-refractivity contribution in [1.82, 2.24) is 4.31 Å². The van der Waals surface area contributed by atoms with Gasteiger partial charge in [-0.25, -0.2) is 8.42 Å². The van der Waals surface area contributed by atoms with E-state index in [0.717, 1.165) is 24.1 Å². The van der Waals surface area contributed by atoms with Crippen LogP contribution in [0.25, 0.3) is 0 Å². The standard InChI is InChI=1S/C15H24N4O3S.HI/c1-22-11-12-6-3-4-8-14(12)18-15(16)17-10-13-7-5-9-19(13)23(2,20)21;/h3-4,6,8,13H,5,7,9-11H2,1-2H3,(H3,16,17,18);1H/t13-;/m1./s1. The highest BCUT2D eigenvalue weighted by Crippen LogP contribution is 2.20. The summed E-state index contributed by atoms with van der Waals surface area (Å²) in [4.78, 5) is 4.30. The molecule has 0 radical (unpaired) electrons. The first-order chi connectivity index (χ1) is 10.9. The minimum absolute atomic E-state index is 0. The first kappa shape index (κ1) is 21.1. The maximum Gasteiger partial charge on any atom is 0.211 e. The molecule has 1 saturated heterocycles. The lowest BCUT2D eigenvalue weighted by Crippen LogP contribution is -2.37. The average molecular weight is 468 g/mol. The fourth-order valence-electron chi connectivity index (χ4n) is 2.73. The van der Waals surface area contributed by atoms with Gasteiger partial charge in [0, 0.05) is 30.9 Å². The number of aliphatic imine (C=N–C) groups is 1. The van der Waals surface area contributed by atoms with E-state index < -0.39 is 10.0 Å². The van der Waals surface area contributed by atoms with Gasteiger partial charge in [-0.2, -0.15) is 4.31 Å². The first-order valence-electron chi connectivity index (χ1n) is 7.52. The number of hydrogen-bond donors (Lipinski definition) is 2. The highest BCUT2D eigenvalue weighted by molar-refractivity contribution is 14.0. The molecule has 3 N–H and O–H groups in total. The fraction of sp³-hybridized carbons (Fsp3) is 0.533. The van der Waals surface area contributed by atoms with E-state index >= 15 is 0 Å². The molecule has 9 heteroatoms. The number of nitrogens with zero attached hydrogens (tertiary/aromatic N) is 2. The summed E-state index contributed by atoms with van der Waals surface area (Å²) in [6.07, 6.45) is 2.90. The predicted molar refractivity (Wildman–Crippen MR) is 107 cm³/mol. The number of ether oxygens (including phenoxy) is 1. The molecule has 7 nitrogen and oxygen atoms in total. The van der Waals surface area contributed by atoms with Crippen LogP contribution in [0, 0.1) is 0 Å². The molecule has 1 fully saturated rings. The SMILES string of the molecule is COCc1ccccc1NC(N)=NC[C@H]1CCCN1S(C)(=O)=O.I. The lowest BCUT2D eigenvalue weighted by molar-refractivity contribution is 0.185. The van der Waals surface area contributed by atoms with Gasteiger partial charge in [0.15, 0.2) is 5.96 Å². The van der Waals surface area contributed by atoms with Crippen LogP contribution in [0.2, 0.25) is 0 Å². The van der Waals surface area contributed by atoms with Crippen molar-refractivity contribution in [3.63, 3.8) is 0 Å². The number of methoxy groups -OCH3 is 1. The Kier molecular flexibility index (Phi) is 8.40. The smallest absolute Gasteiger partial charge is 0.211 e. The van der Waals surface area contributed by atoms with Gasteiger partial charge in [-0.1, -0.05) is 18.2 Å². The van der Waals surface area contributed by atoms with Gasteiger partial charge in [0.2, 0.25) is 10.0 Å². The van der Waals surface area contributed by atoms with Gasteiger partial charge < -0.3 is 15.8 Å². The summed E-state index contributed by atoms with van der Waals surface area (Å²) in [5, 5.41) is 3.05. The summed E-state index contributed by atoms with van der Waals surface area (Å²) in [5.41, 5.74) is 7.75. The van der Waals surface area contributed by atoms with Crippen molar-refractivity contribution >= 4 is 45.6 Å². The molecule has 0 aliphatic carbocycles. The van der Waals surface area contributed by atoms with E-state index in [-0.39, 0.29) is 36.0 Å². The Hall–Kier alpha value is -0.910. The Morgan fingerprint density at radius 1 is 1.46 bits per heavy atom. The molecule has 0 unspecified atom stereocenters. The second kappa shape index (κ2) is 9.54. The van der Waals surface area contributed by atoms with Crippen LogP contribution >= 0.6 is 24.0 Å². The molecule has 0 saturated carbocycles. The molecule has 0 aromatic heterocycles. The number of nitrogens with one attached hydrogen (secondary N) is 1. The van der Waals surface area contributed by atoms with Gasteiger partial charge in [-0.3, -0.25) is 4.99 Å². The molecule has 1 atom stereocenters. The van der Waals surface area contributed by atoms with E-state index in [1.165, 1.54) is 10.6 Å². The number of halogens is 1. The molecule has 0 amide bonds. The summed E-state index contributed by atoms with van der Waals surface area (Å²) < 4.78 is 30.1. The van der Waals surface area contributed by atoms with Crippen LogP contribution < -0.4 is 11.1 Å². The molecule has 136 valence electrons. The topological polar surface area (TPSA) is 97.0 Å². The monoisotopic (exact) mass is 468 g/mol. The summed E-state index contributed by atoms with van der Waals surface area (Å²) >= 11 is 0. The molecule has 0 bridgehead atoms. The highest BCUT2D eigenvalue weighted by Gasteiger charge is 2.30. The van der Waals surface area contributed by atoms with Crippen molar-refractivity contribution < 1.29 is 13.2 Å². The van der Waals surface area contributed by atoms with E-state index in [0.29, 0.717) is 19.7 Å². The van der Waals surface area contributed by atoms with Crippen LogP contribution in [-0.4, -0.2) is 51.2 Å². The van der Waals surface area contributed by atoms with Crippen molar-refractivity contribution in [3.8, 4) is 0 Å². The third kappa shape index (κ3) is 5.87. The second-order valence-electron chi connectivity index (χ2n) is 5.61. The van der Waals surface area contributed by atoms with Gasteiger partial charge >= 0.3 is 0 Å². The Morgan fingerprint density at radius 3 is 2.83 bits per heavy atom. The molecule has 1 aliphatic rings. The van der Waals surface area contributed by atoms with E-state index in [1.54, 1.807) is 7.11 Å². The van der Waals surface area contributed by atoms with Gasteiger partial charge in [0.25, 0.3) is 0 Å². The number of anilines is 1. The first-order valence-corrected chi connectivity index (χ1v) is 9.37. The molecule has 1 aliphatic heterocycles. The Labute approximate surface area is 160 Å². The van der Waals surface area contributed by atoms with Crippen LogP contribution in [0.1, 0.15) is 18.4 Å². The summed E-state index contributed by atoms with van der Waals surface area (Å²) in [6.45, 7) is 1.39. The zero-order valence-corrected chi connectivity index (χ0v) is 17.1. The van der Waals surface area contributed by atoms with Gasteiger partial charge in [-0.05, 0) is 18.9 Å². The number of rotatable bonds is 6. The Balaban J connectivity index is 0.00000288. The maximum absolute atomic E-state index is 11.7. The number of guanidine groups is 1. The number of para-hydroxylation sites is 1. The largest absolute Gasteiger partial charge is 0.380 e. The molecule has 1 aromatic carbocycles. The Morgan fingerprint density at radius 2 is 2.17 bits per heavy atom. The van der Waals surface area contributed by atoms with Gasteiger partial charge in [-0.15, -0.1) is 24.0 Å². The van der Waals surface area contributed by atoms with Crippen LogP contribution in [0.15, 0.2) is 29.3 Å². The maximum atomic E-state index is 11.7. The van der Waals surface area contributed by atoms with Crippen molar-refractivity contribution in [2.75, 3.05) is 31.8 Å². The Bertz CT molecular complexity index is 666. The zero-order chi connectivity index (χ0) is 16.9. The van der Waals surface area contributed by atoms with Crippen molar-refractivity contribution in [2.24, 2.45) is 10.7 Å². The molecule has 1 heterocycles. The lowest BCUT2D eigenvalue weighted by atomic mass is 10.2. The van der Waals surface area contributed by atoms with E-state index in [4.69, 9.17) is 10.5 Å². The molecule has 1 aromatic rings. The third-order valence-electron chi connectivity index (χ3n) is 3.80. The van der Waals surface area contributed by atoms with Crippen molar-refractivity contribution in [2.45, 2.75) is 25.5 Å². The zero-order valence-electron chi connectivity index (χ0n) is 13.9. The highest BCUT2D eigenvalue weighted by atomic mass is 127. The predicted octanol–water partition coefficient (Wildman–Crippen LogP) is 1.60. The van der Waals surface area contributed by atoms with Gasteiger partial charge in [0.05, 0.1) is 19.4 Å². The summed E-state index contributed by atoms with van der Waals surface area (Å²) in [6, 6.07) is 7.56. The third-order valence-corrected chi connectivity index (χ3v) is 5.13. The van der Waals surface area contributed by atoms with Crippen molar-refractivity contribution in [1.29, 1.82) is 0 Å². The minimum atomic E-state index is -3.19. The summed E-state index contributed by atoms with van der Waals surface area (Å²) in [5.74, 6) is 0.272. The number of benzene rings is 1. The fourth-order valence-corrected chi connectivity index (χ4v) is 3.91. The average Bonchev–Trinajstić information content (AvgIpc) is 2.96. The lowest BCUT2D eigenvalue weighted by Gasteiger charge is -2.20. The molecular formula is C15H25IN4O3S. The van der Waals surface area contributed by atoms with Crippen molar-refractivity contribution in [3.05, 3.63) is 29.8 Å². The summed E-state index contributed by atoms with van der Waals surface area (Å²) in [7, 11) is -1.55. The minimum Gasteiger partial charge on any atom is -0.380 e. The van der Waals surface area contributed by atoms with E-state index in [2.05, 4.69) is 10.3 Å². The quantitative estimate of drug-likeness (QED) is 0.376. The van der Waals surface area contributed by atoms with Crippen LogP contribution in [0.4, 0.5) is 5.69 Å². The van der Waals surface area contributed by atoms with Crippen LogP contribution in [-0.2, 0) is 21.4 Å². The van der Waals surface area contributed by atoms with Gasteiger partial charge in [0.1, 0.15) is 0 Å². The molecular weight excluding hydrogens is 443 g/mol. The molecule has 24 heavy (non-hydrogen) atoms. The molecule has 2 rings (SSSR count). The normalized spacial score (nSPS) is 19.1. The second-order valence-corrected chi connectivity index (χ2v) is 7.55. The van der Waals surface area contributed by atoms with E-state index in [1.807, 2.05) is 24.3 Å². The number of nitrogens with two attached hydrogens (primary N) is 1.